The van der Waals surface area contributed by atoms with Crippen molar-refractivity contribution in [2.45, 2.75) is 23.4 Å². The molecule has 2 aromatic rings. The Hall–Kier alpha value is -1.26. The van der Waals surface area contributed by atoms with Gasteiger partial charge in [-0.25, -0.2) is 0 Å². The van der Waals surface area contributed by atoms with Crippen molar-refractivity contribution in [2.75, 3.05) is 0 Å². The Morgan fingerprint density at radius 3 is 2.39 bits per heavy atom. The summed E-state index contributed by atoms with van der Waals surface area (Å²) < 4.78 is -1.67. The van der Waals surface area contributed by atoms with Crippen LogP contribution in [0.25, 0.3) is 0 Å². The highest BCUT2D eigenvalue weighted by Gasteiger charge is 2.33. The molecule has 2 rings (SSSR count). The van der Waals surface area contributed by atoms with Gasteiger partial charge < -0.3 is 5.32 Å². The first-order valence-electron chi connectivity index (χ1n) is 7.08. The van der Waals surface area contributed by atoms with Gasteiger partial charge in [0, 0.05) is 12.1 Å². The quantitative estimate of drug-likeness (QED) is 0.610. The lowest BCUT2D eigenvalue weighted by Gasteiger charge is -2.26. The van der Waals surface area contributed by atoms with Crippen LogP contribution in [0.5, 0.6) is 0 Å². The maximum atomic E-state index is 12.3. The van der Waals surface area contributed by atoms with E-state index in [9.17, 15) is 4.79 Å². The average molecular weight is 372 g/mol. The summed E-state index contributed by atoms with van der Waals surface area (Å²) in [6.07, 6.45) is -0.819. The third-order valence-corrected chi connectivity index (χ3v) is 3.89. The average Bonchev–Trinajstić information content (AvgIpc) is 2.51. The summed E-state index contributed by atoms with van der Waals surface area (Å²) in [5, 5.41) is 5.79. The first-order valence-corrected chi connectivity index (χ1v) is 8.21. The topological polar surface area (TPSA) is 41.1 Å². The number of hydrogen-bond acceptors (Lipinski definition) is 2. The number of aryl methyl sites for hydroxylation is 1. The number of rotatable bonds is 5. The Labute approximate surface area is 150 Å². The predicted octanol–water partition coefficient (Wildman–Crippen LogP) is 4.21. The highest BCUT2D eigenvalue weighted by atomic mass is 35.6. The number of amides is 1. The molecule has 0 radical (unpaired) electrons. The van der Waals surface area contributed by atoms with Gasteiger partial charge in [0.25, 0.3) is 5.91 Å². The molecule has 0 bridgehead atoms. The molecule has 2 N–H and O–H groups in total. The lowest BCUT2D eigenvalue weighted by atomic mass is 10.1. The highest BCUT2D eigenvalue weighted by molar-refractivity contribution is 6.68. The van der Waals surface area contributed by atoms with Crippen molar-refractivity contribution < 1.29 is 4.79 Å². The number of alkyl halides is 3. The molecule has 23 heavy (non-hydrogen) atoms. The van der Waals surface area contributed by atoms with Gasteiger partial charge >= 0.3 is 0 Å². The van der Waals surface area contributed by atoms with Gasteiger partial charge in [-0.2, -0.15) is 0 Å². The Balaban J connectivity index is 2.05. The van der Waals surface area contributed by atoms with Crippen LogP contribution in [0.15, 0.2) is 54.6 Å². The molecule has 6 heteroatoms. The first kappa shape index (κ1) is 18.1. The van der Waals surface area contributed by atoms with Crippen molar-refractivity contribution in [3.63, 3.8) is 0 Å². The molecule has 122 valence electrons. The van der Waals surface area contributed by atoms with E-state index in [1.54, 1.807) is 12.1 Å². The van der Waals surface area contributed by atoms with Gasteiger partial charge in [-0.05, 0) is 24.6 Å². The molecule has 3 nitrogen and oxygen atoms in total. The molecule has 0 aliphatic heterocycles. The summed E-state index contributed by atoms with van der Waals surface area (Å²) >= 11 is 17.9. The lowest BCUT2D eigenvalue weighted by Crippen LogP contribution is -2.53. The Bertz CT molecular complexity index is 656. The van der Waals surface area contributed by atoms with Crippen molar-refractivity contribution in [3.8, 4) is 0 Å². The van der Waals surface area contributed by atoms with Gasteiger partial charge in [0.05, 0.1) is 0 Å². The summed E-state index contributed by atoms with van der Waals surface area (Å²) in [6.45, 7) is 2.38. The van der Waals surface area contributed by atoms with Crippen LogP contribution in [-0.4, -0.2) is 15.9 Å². The number of hydrogen-bond donors (Lipinski definition) is 2. The lowest BCUT2D eigenvalue weighted by molar-refractivity contribution is 0.0929. The van der Waals surface area contributed by atoms with Crippen LogP contribution >= 0.6 is 34.8 Å². The van der Waals surface area contributed by atoms with Gasteiger partial charge in [0.15, 0.2) is 0 Å². The summed E-state index contributed by atoms with van der Waals surface area (Å²) in [4.78, 5) is 12.3. The first-order chi connectivity index (χ1) is 10.9. The molecule has 0 aromatic heterocycles. The smallest absolute Gasteiger partial charge is 0.252 e. The van der Waals surface area contributed by atoms with Crippen LogP contribution in [0.4, 0.5) is 0 Å². The zero-order valence-electron chi connectivity index (χ0n) is 12.5. The van der Waals surface area contributed by atoms with Crippen LogP contribution in [0, 0.1) is 6.92 Å². The van der Waals surface area contributed by atoms with Gasteiger partial charge in [0.1, 0.15) is 6.17 Å². The molecule has 0 heterocycles. The second kappa shape index (κ2) is 8.02. The maximum Gasteiger partial charge on any atom is 0.252 e. The van der Waals surface area contributed by atoms with Gasteiger partial charge in [0.2, 0.25) is 3.79 Å². The number of carbonyl (C=O) groups is 1. The molecule has 0 saturated heterocycles. The Morgan fingerprint density at radius 2 is 1.78 bits per heavy atom. The van der Waals surface area contributed by atoms with Crippen LogP contribution in [-0.2, 0) is 6.54 Å². The number of benzene rings is 2. The van der Waals surface area contributed by atoms with Crippen molar-refractivity contribution in [2.24, 2.45) is 0 Å². The largest absolute Gasteiger partial charge is 0.333 e. The van der Waals surface area contributed by atoms with E-state index >= 15 is 0 Å². The van der Waals surface area contributed by atoms with Crippen LogP contribution in [0.2, 0.25) is 0 Å². The summed E-state index contributed by atoms with van der Waals surface area (Å²) in [5.74, 6) is -0.300. The maximum absolute atomic E-state index is 12.3. The number of carbonyl (C=O) groups excluding carboxylic acids is 1. The normalized spacial score (nSPS) is 12.7. The zero-order valence-corrected chi connectivity index (χ0v) is 14.8. The van der Waals surface area contributed by atoms with Crippen molar-refractivity contribution in [3.05, 3.63) is 71.3 Å². The molecule has 1 amide bonds. The van der Waals surface area contributed by atoms with E-state index in [2.05, 4.69) is 10.6 Å². The molecule has 0 saturated carbocycles. The minimum absolute atomic E-state index is 0.300. The molecular formula is C17H17Cl3N2O. The SMILES string of the molecule is Cc1cccc(C(=O)N[C@H](NCc2ccccc2)C(Cl)(Cl)Cl)c1. The highest BCUT2D eigenvalue weighted by Crippen LogP contribution is 2.29. The molecule has 2 aromatic carbocycles. The van der Waals surface area contributed by atoms with E-state index in [0.29, 0.717) is 12.1 Å². The van der Waals surface area contributed by atoms with E-state index in [0.717, 1.165) is 11.1 Å². The van der Waals surface area contributed by atoms with Crippen molar-refractivity contribution in [1.82, 2.24) is 10.6 Å². The van der Waals surface area contributed by atoms with Crippen LogP contribution < -0.4 is 10.6 Å². The monoisotopic (exact) mass is 370 g/mol. The predicted molar refractivity (Wildman–Crippen MR) is 96.0 cm³/mol. The van der Waals surface area contributed by atoms with E-state index in [-0.39, 0.29) is 5.91 Å². The van der Waals surface area contributed by atoms with Gasteiger partial charge in [-0.1, -0.05) is 82.8 Å². The zero-order chi connectivity index (χ0) is 16.9. The fourth-order valence-corrected chi connectivity index (χ4v) is 2.46. The number of halogens is 3. The van der Waals surface area contributed by atoms with Crippen LogP contribution in [0.3, 0.4) is 0 Å². The second-order valence-electron chi connectivity index (χ2n) is 5.18. The molecule has 0 aliphatic rings. The van der Waals surface area contributed by atoms with Gasteiger partial charge in [-0.3, -0.25) is 10.1 Å². The van der Waals surface area contributed by atoms with Crippen molar-refractivity contribution >= 4 is 40.7 Å². The Kier molecular flexibility index (Phi) is 6.31. The van der Waals surface area contributed by atoms with Gasteiger partial charge in [-0.15, -0.1) is 0 Å². The molecule has 0 unspecified atom stereocenters. The van der Waals surface area contributed by atoms with Crippen molar-refractivity contribution in [1.29, 1.82) is 0 Å². The summed E-state index contributed by atoms with van der Waals surface area (Å²) in [5.41, 5.74) is 2.53. The Morgan fingerprint density at radius 1 is 1.09 bits per heavy atom. The van der Waals surface area contributed by atoms with Crippen LogP contribution in [0.1, 0.15) is 21.5 Å². The molecule has 0 aliphatic carbocycles. The number of nitrogens with one attached hydrogen (secondary N) is 2. The fraction of sp³-hybridized carbons (Fsp3) is 0.235. The minimum atomic E-state index is -1.67. The minimum Gasteiger partial charge on any atom is -0.333 e. The standard InChI is InChI=1S/C17H17Cl3N2O/c1-12-6-5-9-14(10-12)15(23)22-16(17(18,19)20)21-11-13-7-3-2-4-8-13/h2-10,16,21H,11H2,1H3,(H,22,23)/t16-/m0/s1. The molecule has 1 atom stereocenters. The summed E-state index contributed by atoms with van der Waals surface area (Å²) in [6, 6.07) is 16.9. The molecule has 0 fully saturated rings. The molecular weight excluding hydrogens is 355 g/mol. The third-order valence-electron chi connectivity index (χ3n) is 3.24. The van der Waals surface area contributed by atoms with E-state index in [1.165, 1.54) is 0 Å². The van der Waals surface area contributed by atoms with E-state index < -0.39 is 9.96 Å². The van der Waals surface area contributed by atoms with E-state index in [1.807, 2.05) is 49.4 Å². The summed E-state index contributed by atoms with van der Waals surface area (Å²) in [7, 11) is 0. The third kappa shape index (κ3) is 5.70. The second-order valence-corrected chi connectivity index (χ2v) is 7.55. The fourth-order valence-electron chi connectivity index (χ4n) is 2.07. The molecule has 0 spiro atoms. The van der Waals surface area contributed by atoms with E-state index in [4.69, 9.17) is 34.8 Å².